The molecule has 2 fully saturated rings. The summed E-state index contributed by atoms with van der Waals surface area (Å²) >= 11 is 0. The van der Waals surface area contributed by atoms with Gasteiger partial charge in [0, 0.05) is 19.4 Å². The zero-order valence-corrected chi connectivity index (χ0v) is 13.0. The van der Waals surface area contributed by atoms with E-state index in [1.54, 1.807) is 6.92 Å². The highest BCUT2D eigenvalue weighted by Gasteiger charge is 2.43. The summed E-state index contributed by atoms with van der Waals surface area (Å²) in [6.45, 7) is 1.35. The molecule has 9 nitrogen and oxygen atoms in total. The van der Waals surface area contributed by atoms with Crippen molar-refractivity contribution >= 4 is 0 Å². The van der Waals surface area contributed by atoms with Gasteiger partial charge in [0.1, 0.15) is 24.4 Å². The summed E-state index contributed by atoms with van der Waals surface area (Å²) < 4.78 is 21.8. The molecule has 5 unspecified atom stereocenters. The van der Waals surface area contributed by atoms with Crippen LogP contribution in [-0.2, 0) is 18.9 Å². The molecule has 136 valence electrons. The van der Waals surface area contributed by atoms with E-state index < -0.39 is 55.8 Å². The maximum Gasteiger partial charge on any atom is 0.161 e. The van der Waals surface area contributed by atoms with Crippen LogP contribution in [0, 0.1) is 0 Å². The number of ether oxygens (including phenoxy) is 4. The van der Waals surface area contributed by atoms with Crippen molar-refractivity contribution in [2.75, 3.05) is 19.8 Å². The van der Waals surface area contributed by atoms with Crippen molar-refractivity contribution in [2.45, 2.75) is 69.0 Å². The van der Waals surface area contributed by atoms with Crippen molar-refractivity contribution < 1.29 is 44.5 Å². The molecule has 23 heavy (non-hydrogen) atoms. The first kappa shape index (κ1) is 19.0. The fraction of sp³-hybridized carbons (Fsp3) is 1.00. The maximum atomic E-state index is 10.2. The van der Waals surface area contributed by atoms with Crippen LogP contribution in [0.2, 0.25) is 0 Å². The fourth-order valence-electron chi connectivity index (χ4n) is 2.85. The molecule has 2 saturated heterocycles. The molecule has 0 spiro atoms. The molecule has 2 aliphatic heterocycles. The summed E-state index contributed by atoms with van der Waals surface area (Å²) in [6.07, 6.45) is -7.33. The average Bonchev–Trinajstić information content (AvgIpc) is 2.53. The van der Waals surface area contributed by atoms with E-state index in [0.717, 1.165) is 0 Å². The van der Waals surface area contributed by atoms with E-state index in [-0.39, 0.29) is 19.4 Å². The van der Waals surface area contributed by atoms with Crippen molar-refractivity contribution in [1.82, 2.24) is 0 Å². The summed E-state index contributed by atoms with van der Waals surface area (Å²) in [4.78, 5) is 0. The summed E-state index contributed by atoms with van der Waals surface area (Å²) in [5.41, 5.74) is 0. The van der Waals surface area contributed by atoms with E-state index in [4.69, 9.17) is 24.1 Å². The first-order chi connectivity index (χ1) is 11.0. The quantitative estimate of drug-likeness (QED) is 0.362. The molecule has 0 aromatic rings. The maximum absolute atomic E-state index is 10.2. The smallest absolute Gasteiger partial charge is 0.161 e. The van der Waals surface area contributed by atoms with E-state index in [2.05, 4.69) is 0 Å². The predicted molar refractivity (Wildman–Crippen MR) is 75.2 cm³/mol. The van der Waals surface area contributed by atoms with Gasteiger partial charge in [0.2, 0.25) is 0 Å². The topological polar surface area (TPSA) is 138 Å². The van der Waals surface area contributed by atoms with Gasteiger partial charge in [-0.25, -0.2) is 0 Å². The molecule has 2 aliphatic rings. The molecular formula is C14H26O9. The third-order valence-corrected chi connectivity index (χ3v) is 4.06. The summed E-state index contributed by atoms with van der Waals surface area (Å²) in [5, 5.41) is 48.3. The van der Waals surface area contributed by atoms with Gasteiger partial charge in [-0.3, -0.25) is 0 Å². The largest absolute Gasteiger partial charge is 0.394 e. The number of hydrogen-bond acceptors (Lipinski definition) is 9. The van der Waals surface area contributed by atoms with Crippen LogP contribution >= 0.6 is 0 Å². The molecule has 0 saturated carbocycles. The second-order valence-electron chi connectivity index (χ2n) is 5.73. The Hall–Kier alpha value is -0.360. The molecule has 8 atom stereocenters. The van der Waals surface area contributed by atoms with Gasteiger partial charge in [-0.2, -0.15) is 0 Å². The predicted octanol–water partition coefficient (Wildman–Crippen LogP) is -2.29. The van der Waals surface area contributed by atoms with E-state index in [9.17, 15) is 20.4 Å². The third kappa shape index (κ3) is 4.59. The van der Waals surface area contributed by atoms with Crippen LogP contribution in [0.1, 0.15) is 19.8 Å². The highest BCUT2D eigenvalue weighted by molar-refractivity contribution is 4.87. The molecule has 0 bridgehead atoms. The van der Waals surface area contributed by atoms with E-state index in [1.807, 2.05) is 0 Å². The van der Waals surface area contributed by atoms with Crippen LogP contribution in [-0.4, -0.2) is 94.6 Å². The lowest BCUT2D eigenvalue weighted by Gasteiger charge is -2.42. The van der Waals surface area contributed by atoms with Crippen LogP contribution in [0.4, 0.5) is 0 Å². The van der Waals surface area contributed by atoms with Crippen LogP contribution in [0.3, 0.4) is 0 Å². The molecule has 0 aromatic heterocycles. The van der Waals surface area contributed by atoms with Crippen molar-refractivity contribution in [2.24, 2.45) is 0 Å². The lowest BCUT2D eigenvalue weighted by molar-refractivity contribution is -0.320. The normalized spacial score (nSPS) is 45.1. The van der Waals surface area contributed by atoms with Gasteiger partial charge in [-0.1, -0.05) is 0 Å². The van der Waals surface area contributed by atoms with Gasteiger partial charge in [0.15, 0.2) is 12.6 Å². The van der Waals surface area contributed by atoms with E-state index in [1.165, 1.54) is 0 Å². The summed E-state index contributed by atoms with van der Waals surface area (Å²) in [5.74, 6) is 0. The minimum atomic E-state index is -1.21. The molecule has 5 N–H and O–H groups in total. The molecular weight excluding hydrogens is 312 g/mol. The first-order valence-corrected chi connectivity index (χ1v) is 7.84. The van der Waals surface area contributed by atoms with Crippen LogP contribution < -0.4 is 0 Å². The number of aliphatic hydroxyl groups is 5. The van der Waals surface area contributed by atoms with Gasteiger partial charge in [0.05, 0.1) is 25.4 Å². The van der Waals surface area contributed by atoms with Gasteiger partial charge in [0.25, 0.3) is 0 Å². The van der Waals surface area contributed by atoms with E-state index in [0.29, 0.717) is 6.61 Å². The Balaban J connectivity index is 1.97. The Morgan fingerprint density at radius 2 is 1.52 bits per heavy atom. The minimum Gasteiger partial charge on any atom is -0.394 e. The highest BCUT2D eigenvalue weighted by Crippen LogP contribution is 2.28. The average molecular weight is 338 g/mol. The Labute approximate surface area is 134 Å². The summed E-state index contributed by atoms with van der Waals surface area (Å²) in [6, 6.07) is 0. The Bertz CT molecular complexity index is 355. The lowest BCUT2D eigenvalue weighted by Crippen LogP contribution is -2.56. The lowest BCUT2D eigenvalue weighted by atomic mass is 10.00. The third-order valence-electron chi connectivity index (χ3n) is 4.06. The molecule has 0 radical (unpaired) electrons. The van der Waals surface area contributed by atoms with Crippen LogP contribution in [0.5, 0.6) is 0 Å². The fourth-order valence-corrected chi connectivity index (χ4v) is 2.85. The zero-order valence-electron chi connectivity index (χ0n) is 13.0. The molecule has 9 heteroatoms. The Kier molecular flexibility index (Phi) is 7.14. The van der Waals surface area contributed by atoms with Crippen molar-refractivity contribution in [3.63, 3.8) is 0 Å². The van der Waals surface area contributed by atoms with Gasteiger partial charge in [-0.05, 0) is 6.92 Å². The molecule has 0 aromatic carbocycles. The monoisotopic (exact) mass is 338 g/mol. The van der Waals surface area contributed by atoms with Gasteiger partial charge >= 0.3 is 0 Å². The molecule has 0 amide bonds. The van der Waals surface area contributed by atoms with Crippen molar-refractivity contribution in [1.29, 1.82) is 0 Å². The Morgan fingerprint density at radius 1 is 0.913 bits per heavy atom. The number of aliphatic hydroxyl groups excluding tert-OH is 5. The van der Waals surface area contributed by atoms with Gasteiger partial charge < -0.3 is 44.5 Å². The van der Waals surface area contributed by atoms with Gasteiger partial charge in [-0.15, -0.1) is 0 Å². The highest BCUT2D eigenvalue weighted by atomic mass is 16.7. The second-order valence-corrected chi connectivity index (χ2v) is 5.73. The zero-order chi connectivity index (χ0) is 17.0. The molecule has 2 rings (SSSR count). The molecule has 0 aliphatic carbocycles. The van der Waals surface area contributed by atoms with E-state index >= 15 is 0 Å². The first-order valence-electron chi connectivity index (χ1n) is 7.84. The van der Waals surface area contributed by atoms with Crippen LogP contribution in [0.25, 0.3) is 0 Å². The number of hydrogen-bond donors (Lipinski definition) is 5. The summed E-state index contributed by atoms with van der Waals surface area (Å²) in [7, 11) is 0. The van der Waals surface area contributed by atoms with Crippen LogP contribution in [0.15, 0.2) is 0 Å². The van der Waals surface area contributed by atoms with Crippen molar-refractivity contribution in [3.05, 3.63) is 0 Å². The molecule has 2 heterocycles. The second kappa shape index (κ2) is 8.65. The van der Waals surface area contributed by atoms with Crippen molar-refractivity contribution in [3.8, 4) is 0 Å². The SMILES string of the molecule is CCOC1CC(O)[C@H](O[C@@H]2CC(O)[C@H](O)C(CO)O2)C(CO)O1. The number of rotatable bonds is 6. The minimum absolute atomic E-state index is 0.0199. The standard InChI is InChI=1S/C14H26O9/c1-2-20-11-4-8(18)14(10(6-16)22-11)23-12-3-7(17)13(19)9(5-15)21-12/h7-19H,2-6H2,1H3/t7?,8?,9?,10?,11?,12-,13+,14+/m1/s1. The Morgan fingerprint density at radius 3 is 2.13 bits per heavy atom.